The molecule has 0 saturated carbocycles. The molecule has 21 heavy (non-hydrogen) atoms. The van der Waals surface area contributed by atoms with Gasteiger partial charge in [0, 0.05) is 31.6 Å². The highest BCUT2D eigenvalue weighted by Crippen LogP contribution is 2.39. The lowest BCUT2D eigenvalue weighted by atomic mass is 9.88. The van der Waals surface area contributed by atoms with Crippen molar-refractivity contribution in [1.82, 2.24) is 9.80 Å². The summed E-state index contributed by atoms with van der Waals surface area (Å²) in [6, 6.07) is 0.802. The molecular formula is C15H24N2O4. The second kappa shape index (κ2) is 6.32. The van der Waals surface area contributed by atoms with Gasteiger partial charge in [-0.25, -0.2) is 0 Å². The van der Waals surface area contributed by atoms with E-state index in [1.165, 1.54) is 0 Å². The van der Waals surface area contributed by atoms with Gasteiger partial charge in [0.15, 0.2) is 0 Å². The molecule has 1 N–H and O–H groups in total. The Morgan fingerprint density at radius 2 is 1.71 bits per heavy atom. The van der Waals surface area contributed by atoms with Gasteiger partial charge >= 0.3 is 5.97 Å². The lowest BCUT2D eigenvalue weighted by molar-refractivity contribution is -0.140. The summed E-state index contributed by atoms with van der Waals surface area (Å²) in [5.74, 6) is -0.209. The molecule has 0 spiro atoms. The number of amides is 1. The van der Waals surface area contributed by atoms with Crippen LogP contribution in [0.5, 0.6) is 0 Å². The molecule has 0 aromatic rings. The first-order valence-corrected chi connectivity index (χ1v) is 7.96. The monoisotopic (exact) mass is 296 g/mol. The van der Waals surface area contributed by atoms with E-state index in [2.05, 4.69) is 4.90 Å². The maximum Gasteiger partial charge on any atom is 0.303 e. The number of fused-ring (bicyclic) bond motifs is 2. The molecule has 6 nitrogen and oxygen atoms in total. The molecule has 3 heterocycles. The van der Waals surface area contributed by atoms with E-state index in [4.69, 9.17) is 9.84 Å². The van der Waals surface area contributed by atoms with Gasteiger partial charge in [-0.05, 0) is 31.6 Å². The molecule has 0 aromatic heterocycles. The number of nitrogens with zero attached hydrogens (tertiary/aromatic N) is 2. The van der Waals surface area contributed by atoms with E-state index in [1.54, 1.807) is 0 Å². The fourth-order valence-electron chi connectivity index (χ4n) is 4.13. The number of morpholine rings is 1. The minimum Gasteiger partial charge on any atom is -0.481 e. The third-order valence-corrected chi connectivity index (χ3v) is 5.13. The largest absolute Gasteiger partial charge is 0.481 e. The predicted octanol–water partition coefficient (Wildman–Crippen LogP) is 0.563. The van der Waals surface area contributed by atoms with Crippen molar-refractivity contribution in [3.05, 3.63) is 0 Å². The van der Waals surface area contributed by atoms with Gasteiger partial charge in [0.05, 0.1) is 19.8 Å². The maximum absolute atomic E-state index is 12.4. The summed E-state index contributed by atoms with van der Waals surface area (Å²) in [5, 5.41) is 8.95. The summed E-state index contributed by atoms with van der Waals surface area (Å²) in [7, 11) is 0. The van der Waals surface area contributed by atoms with Gasteiger partial charge in [0.2, 0.25) is 5.91 Å². The number of aliphatic carboxylic acids is 1. The molecule has 0 aromatic carbocycles. The first-order valence-electron chi connectivity index (χ1n) is 7.96. The summed E-state index contributed by atoms with van der Waals surface area (Å²) >= 11 is 0. The molecule has 1 amide bonds. The van der Waals surface area contributed by atoms with Gasteiger partial charge in [0.25, 0.3) is 0 Å². The zero-order valence-corrected chi connectivity index (χ0v) is 12.4. The molecule has 3 fully saturated rings. The lowest BCUT2D eigenvalue weighted by Crippen LogP contribution is -2.51. The smallest absolute Gasteiger partial charge is 0.303 e. The second-order valence-electron chi connectivity index (χ2n) is 6.49. The molecule has 0 radical (unpaired) electrons. The fraction of sp³-hybridized carbons (Fsp3) is 0.867. The van der Waals surface area contributed by atoms with Crippen LogP contribution in [0.3, 0.4) is 0 Å². The zero-order chi connectivity index (χ0) is 14.8. The summed E-state index contributed by atoms with van der Waals surface area (Å²) in [4.78, 5) is 27.5. The SMILES string of the molecule is O=C(O)CC1CC2CCC(C1)N2CC(=O)N1CCOCC1. The summed E-state index contributed by atoms with van der Waals surface area (Å²) in [6.45, 7) is 3.17. The number of rotatable bonds is 4. The average Bonchev–Trinajstić information content (AvgIpc) is 2.70. The van der Waals surface area contributed by atoms with E-state index < -0.39 is 5.97 Å². The molecule has 3 saturated heterocycles. The van der Waals surface area contributed by atoms with Gasteiger partial charge < -0.3 is 14.7 Å². The highest BCUT2D eigenvalue weighted by Gasteiger charge is 2.42. The van der Waals surface area contributed by atoms with Crippen molar-refractivity contribution >= 4 is 11.9 Å². The van der Waals surface area contributed by atoms with Gasteiger partial charge in [-0.15, -0.1) is 0 Å². The van der Waals surface area contributed by atoms with Crippen LogP contribution in [-0.4, -0.2) is 71.7 Å². The van der Waals surface area contributed by atoms with Crippen molar-refractivity contribution in [2.24, 2.45) is 5.92 Å². The molecule has 2 bridgehead atoms. The minimum absolute atomic E-state index is 0.201. The van der Waals surface area contributed by atoms with Crippen molar-refractivity contribution in [2.75, 3.05) is 32.8 Å². The van der Waals surface area contributed by atoms with Crippen LogP contribution in [-0.2, 0) is 14.3 Å². The Labute approximate surface area is 125 Å². The number of hydrogen-bond donors (Lipinski definition) is 1. The summed E-state index contributed by atoms with van der Waals surface area (Å²) in [5.41, 5.74) is 0. The van der Waals surface area contributed by atoms with Crippen LogP contribution in [0.15, 0.2) is 0 Å². The van der Waals surface area contributed by atoms with E-state index in [0.717, 1.165) is 25.7 Å². The lowest BCUT2D eigenvalue weighted by Gasteiger charge is -2.39. The van der Waals surface area contributed by atoms with Crippen LogP contribution < -0.4 is 0 Å². The van der Waals surface area contributed by atoms with Crippen LogP contribution in [0.1, 0.15) is 32.1 Å². The van der Waals surface area contributed by atoms with Gasteiger partial charge in [-0.1, -0.05) is 0 Å². The number of piperidine rings is 1. The van der Waals surface area contributed by atoms with E-state index >= 15 is 0 Å². The third-order valence-electron chi connectivity index (χ3n) is 5.13. The first-order chi connectivity index (χ1) is 10.1. The van der Waals surface area contributed by atoms with Crippen LogP contribution >= 0.6 is 0 Å². The third kappa shape index (κ3) is 3.37. The van der Waals surface area contributed by atoms with Crippen LogP contribution in [0.2, 0.25) is 0 Å². The second-order valence-corrected chi connectivity index (χ2v) is 6.49. The molecule has 3 rings (SSSR count). The van der Waals surface area contributed by atoms with Crippen LogP contribution in [0.25, 0.3) is 0 Å². The zero-order valence-electron chi connectivity index (χ0n) is 12.4. The molecule has 118 valence electrons. The number of ether oxygens (including phenoxy) is 1. The van der Waals surface area contributed by atoms with Crippen LogP contribution in [0.4, 0.5) is 0 Å². The topological polar surface area (TPSA) is 70.1 Å². The van der Waals surface area contributed by atoms with Crippen molar-refractivity contribution in [2.45, 2.75) is 44.2 Å². The molecule has 2 unspecified atom stereocenters. The number of carboxylic acid groups (broad SMARTS) is 1. The van der Waals surface area contributed by atoms with Crippen molar-refractivity contribution < 1.29 is 19.4 Å². The van der Waals surface area contributed by atoms with Gasteiger partial charge in [-0.2, -0.15) is 0 Å². The maximum atomic E-state index is 12.4. The number of carbonyl (C=O) groups excluding carboxylic acids is 1. The average molecular weight is 296 g/mol. The van der Waals surface area contributed by atoms with Gasteiger partial charge in [-0.3, -0.25) is 14.5 Å². The molecular weight excluding hydrogens is 272 g/mol. The summed E-state index contributed by atoms with van der Waals surface area (Å²) in [6.07, 6.45) is 4.35. The summed E-state index contributed by atoms with van der Waals surface area (Å²) < 4.78 is 5.28. The first kappa shape index (κ1) is 14.8. The predicted molar refractivity (Wildman–Crippen MR) is 75.9 cm³/mol. The van der Waals surface area contributed by atoms with Gasteiger partial charge in [0.1, 0.15) is 0 Å². The number of hydrogen-bond acceptors (Lipinski definition) is 4. The Kier molecular flexibility index (Phi) is 4.45. The Hall–Kier alpha value is -1.14. The number of carboxylic acids is 1. The number of carbonyl (C=O) groups is 2. The quantitative estimate of drug-likeness (QED) is 0.821. The Morgan fingerprint density at radius 1 is 1.10 bits per heavy atom. The highest BCUT2D eigenvalue weighted by molar-refractivity contribution is 5.78. The fourth-order valence-corrected chi connectivity index (χ4v) is 4.13. The van der Waals surface area contributed by atoms with Crippen molar-refractivity contribution in [3.63, 3.8) is 0 Å². The van der Waals surface area contributed by atoms with E-state index in [9.17, 15) is 9.59 Å². The van der Waals surface area contributed by atoms with E-state index in [0.29, 0.717) is 44.9 Å². The van der Waals surface area contributed by atoms with Crippen LogP contribution in [0, 0.1) is 5.92 Å². The minimum atomic E-state index is -0.697. The molecule has 3 aliphatic heterocycles. The van der Waals surface area contributed by atoms with Crippen molar-refractivity contribution in [1.29, 1.82) is 0 Å². The van der Waals surface area contributed by atoms with E-state index in [1.807, 2.05) is 4.90 Å². The Bertz CT molecular complexity index is 394. The standard InChI is InChI=1S/C15H24N2O4/c18-14(16-3-5-21-6-4-16)10-17-12-1-2-13(17)8-11(7-12)9-15(19)20/h11-13H,1-10H2,(H,19,20). The highest BCUT2D eigenvalue weighted by atomic mass is 16.5. The molecule has 2 atom stereocenters. The van der Waals surface area contributed by atoms with E-state index in [-0.39, 0.29) is 18.2 Å². The molecule has 6 heteroatoms. The normalized spacial score (nSPS) is 33.1. The van der Waals surface area contributed by atoms with Crippen molar-refractivity contribution in [3.8, 4) is 0 Å². The molecule has 0 aliphatic carbocycles. The Morgan fingerprint density at radius 3 is 2.29 bits per heavy atom. The Balaban J connectivity index is 1.55. The molecule has 3 aliphatic rings.